The highest BCUT2D eigenvalue weighted by atomic mass is 16.3. The highest BCUT2D eigenvalue weighted by Gasteiger charge is 2.25. The normalized spacial score (nSPS) is 18.0. The summed E-state index contributed by atoms with van der Waals surface area (Å²) in [5, 5.41) is 23.7. The van der Waals surface area contributed by atoms with Crippen molar-refractivity contribution >= 4 is 11.5 Å². The van der Waals surface area contributed by atoms with Crippen LogP contribution in [-0.2, 0) is 0 Å². The Morgan fingerprint density at radius 3 is 2.96 bits per heavy atom. The standard InChI is InChI=1S/C19H22N4O2/c24-11-8-15-5-1-2-10-22(15)18-7-9-20-19-17(13-21-23(18)19)14-4-3-6-16(25)12-14/h3-4,6-7,9,12-13,15,24-25H,1-2,5,8,10-11H2. The van der Waals surface area contributed by atoms with Crippen LogP contribution in [0.3, 0.4) is 0 Å². The highest BCUT2D eigenvalue weighted by Crippen LogP contribution is 2.30. The Bertz CT molecular complexity index is 875. The van der Waals surface area contributed by atoms with Crippen LogP contribution in [0.4, 0.5) is 5.82 Å². The Labute approximate surface area is 146 Å². The molecule has 1 aromatic carbocycles. The van der Waals surface area contributed by atoms with E-state index in [0.717, 1.165) is 48.4 Å². The van der Waals surface area contributed by atoms with Crippen LogP contribution >= 0.6 is 0 Å². The van der Waals surface area contributed by atoms with Crippen LogP contribution in [0.5, 0.6) is 5.75 Å². The van der Waals surface area contributed by atoms with E-state index in [4.69, 9.17) is 0 Å². The molecule has 2 aromatic heterocycles. The maximum absolute atomic E-state index is 9.76. The van der Waals surface area contributed by atoms with Crippen molar-refractivity contribution in [3.63, 3.8) is 0 Å². The van der Waals surface area contributed by atoms with Gasteiger partial charge in [-0.05, 0) is 49.4 Å². The smallest absolute Gasteiger partial charge is 0.165 e. The van der Waals surface area contributed by atoms with Gasteiger partial charge in [-0.2, -0.15) is 9.61 Å². The lowest BCUT2D eigenvalue weighted by Crippen LogP contribution is -2.41. The summed E-state index contributed by atoms with van der Waals surface area (Å²) in [6.07, 6.45) is 7.81. The molecule has 0 amide bonds. The minimum absolute atomic E-state index is 0.197. The summed E-state index contributed by atoms with van der Waals surface area (Å²) in [5.41, 5.74) is 2.56. The molecule has 0 aliphatic carbocycles. The SMILES string of the molecule is OCCC1CCCCN1c1ccnc2c(-c3cccc(O)c3)cnn12. The molecule has 1 aliphatic heterocycles. The lowest BCUT2D eigenvalue weighted by atomic mass is 9.99. The molecular formula is C19H22N4O2. The molecule has 1 saturated heterocycles. The van der Waals surface area contributed by atoms with Crippen LogP contribution in [0.15, 0.2) is 42.7 Å². The van der Waals surface area contributed by atoms with Crippen LogP contribution < -0.4 is 4.90 Å². The molecule has 1 fully saturated rings. The van der Waals surface area contributed by atoms with Crippen molar-refractivity contribution in [2.24, 2.45) is 0 Å². The second kappa shape index (κ2) is 6.72. The number of aromatic nitrogens is 3. The van der Waals surface area contributed by atoms with E-state index in [1.807, 2.05) is 28.9 Å². The predicted molar refractivity (Wildman–Crippen MR) is 96.8 cm³/mol. The third-order valence-corrected chi connectivity index (χ3v) is 4.92. The first kappa shape index (κ1) is 15.9. The first-order valence-electron chi connectivity index (χ1n) is 8.77. The summed E-state index contributed by atoms with van der Waals surface area (Å²) < 4.78 is 1.87. The molecule has 1 atom stereocenters. The number of aliphatic hydroxyl groups excluding tert-OH is 1. The molecule has 0 bridgehead atoms. The maximum Gasteiger partial charge on any atom is 0.165 e. The van der Waals surface area contributed by atoms with E-state index in [1.165, 1.54) is 6.42 Å². The quantitative estimate of drug-likeness (QED) is 0.765. The van der Waals surface area contributed by atoms with Crippen molar-refractivity contribution in [2.45, 2.75) is 31.7 Å². The number of hydrogen-bond donors (Lipinski definition) is 2. The fraction of sp³-hybridized carbons (Fsp3) is 0.368. The number of phenolic OH excluding ortho intramolecular Hbond substituents is 1. The Hall–Kier alpha value is -2.60. The number of fused-ring (bicyclic) bond motifs is 1. The molecule has 2 N–H and O–H groups in total. The average molecular weight is 338 g/mol. The molecule has 1 unspecified atom stereocenters. The molecule has 25 heavy (non-hydrogen) atoms. The predicted octanol–water partition coefficient (Wildman–Crippen LogP) is 2.84. The first-order valence-corrected chi connectivity index (χ1v) is 8.77. The maximum atomic E-state index is 9.76. The molecular weight excluding hydrogens is 316 g/mol. The van der Waals surface area contributed by atoms with Crippen LogP contribution in [-0.4, -0.2) is 44.0 Å². The number of aromatic hydroxyl groups is 1. The minimum Gasteiger partial charge on any atom is -0.508 e. The van der Waals surface area contributed by atoms with E-state index in [1.54, 1.807) is 18.3 Å². The molecule has 0 saturated carbocycles. The van der Waals surface area contributed by atoms with Gasteiger partial charge in [-0.25, -0.2) is 4.98 Å². The average Bonchev–Trinajstić information content (AvgIpc) is 3.07. The summed E-state index contributed by atoms with van der Waals surface area (Å²) in [6.45, 7) is 1.16. The summed E-state index contributed by atoms with van der Waals surface area (Å²) in [7, 11) is 0. The van der Waals surface area contributed by atoms with Crippen molar-refractivity contribution < 1.29 is 10.2 Å². The van der Waals surface area contributed by atoms with E-state index >= 15 is 0 Å². The number of aliphatic hydroxyl groups is 1. The minimum atomic E-state index is 0.197. The van der Waals surface area contributed by atoms with Gasteiger partial charge < -0.3 is 15.1 Å². The molecule has 6 heteroatoms. The topological polar surface area (TPSA) is 73.9 Å². The molecule has 0 radical (unpaired) electrons. The fourth-order valence-electron chi connectivity index (χ4n) is 3.72. The van der Waals surface area contributed by atoms with Gasteiger partial charge in [0.05, 0.1) is 6.20 Å². The van der Waals surface area contributed by atoms with Gasteiger partial charge in [0, 0.05) is 31.0 Å². The molecule has 6 nitrogen and oxygen atoms in total. The van der Waals surface area contributed by atoms with Gasteiger partial charge in [0.1, 0.15) is 11.6 Å². The van der Waals surface area contributed by atoms with E-state index in [0.29, 0.717) is 6.04 Å². The Balaban J connectivity index is 1.79. The number of rotatable bonds is 4. The Morgan fingerprint density at radius 2 is 2.12 bits per heavy atom. The van der Waals surface area contributed by atoms with Crippen LogP contribution in [0, 0.1) is 0 Å². The van der Waals surface area contributed by atoms with E-state index in [9.17, 15) is 10.2 Å². The molecule has 130 valence electrons. The second-order valence-electron chi connectivity index (χ2n) is 6.50. The molecule has 0 spiro atoms. The highest BCUT2D eigenvalue weighted by molar-refractivity contribution is 5.78. The molecule has 1 aliphatic rings. The first-order chi connectivity index (χ1) is 12.3. The zero-order chi connectivity index (χ0) is 17.2. The number of anilines is 1. The number of piperidine rings is 1. The molecule has 3 heterocycles. The van der Waals surface area contributed by atoms with Gasteiger partial charge in [-0.1, -0.05) is 12.1 Å². The van der Waals surface area contributed by atoms with Crippen molar-refractivity contribution in [1.82, 2.24) is 14.6 Å². The largest absolute Gasteiger partial charge is 0.508 e. The van der Waals surface area contributed by atoms with Gasteiger partial charge in [-0.3, -0.25) is 0 Å². The summed E-state index contributed by atoms with van der Waals surface area (Å²) in [5.74, 6) is 1.24. The summed E-state index contributed by atoms with van der Waals surface area (Å²) >= 11 is 0. The van der Waals surface area contributed by atoms with Gasteiger partial charge in [0.2, 0.25) is 0 Å². The third-order valence-electron chi connectivity index (χ3n) is 4.92. The fourth-order valence-corrected chi connectivity index (χ4v) is 3.72. The lowest BCUT2D eigenvalue weighted by molar-refractivity contribution is 0.262. The Morgan fingerprint density at radius 1 is 1.20 bits per heavy atom. The number of hydrogen-bond acceptors (Lipinski definition) is 5. The van der Waals surface area contributed by atoms with Gasteiger partial charge in [-0.15, -0.1) is 0 Å². The van der Waals surface area contributed by atoms with Crippen molar-refractivity contribution in [3.05, 3.63) is 42.7 Å². The van der Waals surface area contributed by atoms with Crippen molar-refractivity contribution in [3.8, 4) is 16.9 Å². The van der Waals surface area contributed by atoms with E-state index in [-0.39, 0.29) is 12.4 Å². The molecule has 4 rings (SSSR count). The van der Waals surface area contributed by atoms with E-state index in [2.05, 4.69) is 15.0 Å². The van der Waals surface area contributed by atoms with Gasteiger partial charge in [0.15, 0.2) is 5.65 Å². The Kier molecular flexibility index (Phi) is 4.28. The third kappa shape index (κ3) is 2.93. The summed E-state index contributed by atoms with van der Waals surface area (Å²) in [6, 6.07) is 9.46. The molecule has 3 aromatic rings. The van der Waals surface area contributed by atoms with Crippen LogP contribution in [0.1, 0.15) is 25.7 Å². The summed E-state index contributed by atoms with van der Waals surface area (Å²) in [4.78, 5) is 6.86. The van der Waals surface area contributed by atoms with Crippen LogP contribution in [0.2, 0.25) is 0 Å². The van der Waals surface area contributed by atoms with Crippen LogP contribution in [0.25, 0.3) is 16.8 Å². The van der Waals surface area contributed by atoms with Crippen molar-refractivity contribution in [2.75, 3.05) is 18.1 Å². The van der Waals surface area contributed by atoms with Crippen molar-refractivity contribution in [1.29, 1.82) is 0 Å². The number of phenols is 1. The zero-order valence-electron chi connectivity index (χ0n) is 14.0. The number of nitrogens with zero attached hydrogens (tertiary/aromatic N) is 4. The number of benzene rings is 1. The van der Waals surface area contributed by atoms with E-state index < -0.39 is 0 Å². The lowest BCUT2D eigenvalue weighted by Gasteiger charge is -2.37. The van der Waals surface area contributed by atoms with Gasteiger partial charge in [0.25, 0.3) is 0 Å². The zero-order valence-corrected chi connectivity index (χ0v) is 14.0. The monoisotopic (exact) mass is 338 g/mol. The second-order valence-corrected chi connectivity index (χ2v) is 6.50. The van der Waals surface area contributed by atoms with Gasteiger partial charge >= 0.3 is 0 Å².